The minimum absolute atomic E-state index is 0.208. The molecule has 1 atom stereocenters. The van der Waals surface area contributed by atoms with Gasteiger partial charge in [-0.3, -0.25) is 4.79 Å². The molecule has 0 unspecified atom stereocenters. The SMILES string of the molecule is Cc1ccc(CCC(=O)N2CCO[C@@]3(CNCCOC3)C2)cc1C. The summed E-state index contributed by atoms with van der Waals surface area (Å²) >= 11 is 0. The van der Waals surface area contributed by atoms with Crippen LogP contribution in [0, 0.1) is 13.8 Å². The molecule has 3 rings (SSSR count). The number of benzene rings is 1. The van der Waals surface area contributed by atoms with Gasteiger partial charge in [0.25, 0.3) is 0 Å². The summed E-state index contributed by atoms with van der Waals surface area (Å²) in [6.45, 7) is 8.94. The van der Waals surface area contributed by atoms with Crippen LogP contribution in [-0.2, 0) is 20.7 Å². The second kappa shape index (κ2) is 7.64. The quantitative estimate of drug-likeness (QED) is 0.910. The maximum atomic E-state index is 12.6. The highest BCUT2D eigenvalue weighted by Crippen LogP contribution is 2.21. The zero-order chi connectivity index (χ0) is 17.0. The van der Waals surface area contributed by atoms with Crippen LogP contribution in [0.4, 0.5) is 0 Å². The Kier molecular flexibility index (Phi) is 5.54. The predicted octanol–water partition coefficient (Wildman–Crippen LogP) is 1.45. The van der Waals surface area contributed by atoms with Crippen molar-refractivity contribution in [3.05, 3.63) is 34.9 Å². The fourth-order valence-electron chi connectivity index (χ4n) is 3.39. The summed E-state index contributed by atoms with van der Waals surface area (Å²) in [4.78, 5) is 14.6. The lowest BCUT2D eigenvalue weighted by Crippen LogP contribution is -2.59. The van der Waals surface area contributed by atoms with Gasteiger partial charge in [-0.1, -0.05) is 18.2 Å². The second-order valence-electron chi connectivity index (χ2n) is 6.99. The number of ether oxygens (including phenoxy) is 2. The largest absolute Gasteiger partial charge is 0.377 e. The fraction of sp³-hybridized carbons (Fsp3) is 0.632. The number of morpholine rings is 1. The Morgan fingerprint density at radius 3 is 3.00 bits per heavy atom. The molecule has 1 aromatic rings. The molecule has 0 aliphatic carbocycles. The van der Waals surface area contributed by atoms with Crippen molar-refractivity contribution in [2.75, 3.05) is 46.0 Å². The number of amides is 1. The molecule has 2 saturated heterocycles. The van der Waals surface area contributed by atoms with Gasteiger partial charge in [0.1, 0.15) is 5.60 Å². The number of hydrogen-bond acceptors (Lipinski definition) is 4. The Balaban J connectivity index is 1.57. The van der Waals surface area contributed by atoms with Crippen LogP contribution < -0.4 is 5.32 Å². The van der Waals surface area contributed by atoms with Gasteiger partial charge in [0.05, 0.1) is 26.4 Å². The molecule has 132 valence electrons. The molecule has 1 spiro atoms. The molecular weight excluding hydrogens is 304 g/mol. The topological polar surface area (TPSA) is 50.8 Å². The molecule has 2 fully saturated rings. The summed E-state index contributed by atoms with van der Waals surface area (Å²) in [7, 11) is 0. The van der Waals surface area contributed by atoms with E-state index in [1.807, 2.05) is 4.90 Å². The van der Waals surface area contributed by atoms with Crippen LogP contribution in [0.1, 0.15) is 23.1 Å². The summed E-state index contributed by atoms with van der Waals surface area (Å²) in [6, 6.07) is 6.44. The Morgan fingerprint density at radius 1 is 1.29 bits per heavy atom. The molecule has 2 aliphatic rings. The molecule has 1 aromatic carbocycles. The first-order chi connectivity index (χ1) is 11.6. The zero-order valence-electron chi connectivity index (χ0n) is 14.8. The van der Waals surface area contributed by atoms with E-state index < -0.39 is 0 Å². The highest BCUT2D eigenvalue weighted by molar-refractivity contribution is 5.76. The first kappa shape index (κ1) is 17.4. The molecule has 1 amide bonds. The van der Waals surface area contributed by atoms with Crippen LogP contribution >= 0.6 is 0 Å². The van der Waals surface area contributed by atoms with Crippen molar-refractivity contribution in [1.29, 1.82) is 0 Å². The van der Waals surface area contributed by atoms with E-state index in [1.54, 1.807) is 0 Å². The summed E-state index contributed by atoms with van der Waals surface area (Å²) < 4.78 is 11.6. The number of carbonyl (C=O) groups is 1. The Labute approximate surface area is 144 Å². The Hall–Kier alpha value is -1.43. The van der Waals surface area contributed by atoms with Crippen LogP contribution in [0.25, 0.3) is 0 Å². The van der Waals surface area contributed by atoms with Gasteiger partial charge < -0.3 is 19.7 Å². The van der Waals surface area contributed by atoms with E-state index >= 15 is 0 Å². The minimum atomic E-state index is -0.384. The van der Waals surface area contributed by atoms with Crippen molar-refractivity contribution >= 4 is 5.91 Å². The number of hydrogen-bond donors (Lipinski definition) is 1. The highest BCUT2D eigenvalue weighted by atomic mass is 16.5. The molecular formula is C19H28N2O3. The normalized spacial score (nSPS) is 24.8. The van der Waals surface area contributed by atoms with Gasteiger partial charge in [0.15, 0.2) is 0 Å². The Bertz CT molecular complexity index is 580. The lowest BCUT2D eigenvalue weighted by atomic mass is 10.0. The van der Waals surface area contributed by atoms with Crippen LogP contribution in [0.15, 0.2) is 18.2 Å². The zero-order valence-corrected chi connectivity index (χ0v) is 14.8. The van der Waals surface area contributed by atoms with Crippen molar-refractivity contribution in [2.45, 2.75) is 32.3 Å². The third-order valence-electron chi connectivity index (χ3n) is 5.04. The van der Waals surface area contributed by atoms with Crippen molar-refractivity contribution in [1.82, 2.24) is 10.2 Å². The van der Waals surface area contributed by atoms with Crippen LogP contribution in [0.2, 0.25) is 0 Å². The average Bonchev–Trinajstić information content (AvgIpc) is 2.81. The molecule has 0 aromatic heterocycles. The maximum absolute atomic E-state index is 12.6. The van der Waals surface area contributed by atoms with E-state index in [9.17, 15) is 4.79 Å². The maximum Gasteiger partial charge on any atom is 0.223 e. The minimum Gasteiger partial charge on any atom is -0.377 e. The van der Waals surface area contributed by atoms with E-state index in [1.165, 1.54) is 16.7 Å². The third-order valence-corrected chi connectivity index (χ3v) is 5.04. The third kappa shape index (κ3) is 4.15. The number of nitrogens with one attached hydrogen (secondary N) is 1. The van der Waals surface area contributed by atoms with Crippen molar-refractivity contribution in [2.24, 2.45) is 0 Å². The van der Waals surface area contributed by atoms with Gasteiger partial charge in [-0.15, -0.1) is 0 Å². The number of nitrogens with zero attached hydrogens (tertiary/aromatic N) is 1. The highest BCUT2D eigenvalue weighted by Gasteiger charge is 2.39. The summed E-state index contributed by atoms with van der Waals surface area (Å²) in [5, 5.41) is 3.35. The van der Waals surface area contributed by atoms with Crippen molar-refractivity contribution < 1.29 is 14.3 Å². The van der Waals surface area contributed by atoms with E-state index in [-0.39, 0.29) is 11.5 Å². The van der Waals surface area contributed by atoms with Crippen LogP contribution in [0.5, 0.6) is 0 Å². The lowest BCUT2D eigenvalue weighted by Gasteiger charge is -2.41. The molecule has 0 saturated carbocycles. The van der Waals surface area contributed by atoms with Crippen LogP contribution in [0.3, 0.4) is 0 Å². The van der Waals surface area contributed by atoms with E-state index in [0.29, 0.717) is 39.3 Å². The van der Waals surface area contributed by atoms with Gasteiger partial charge in [0, 0.05) is 26.1 Å². The fourth-order valence-corrected chi connectivity index (χ4v) is 3.39. The molecule has 1 N–H and O–H groups in total. The number of aryl methyl sites for hydroxylation is 3. The molecule has 2 aliphatic heterocycles. The molecule has 24 heavy (non-hydrogen) atoms. The van der Waals surface area contributed by atoms with Crippen LogP contribution in [-0.4, -0.2) is 62.4 Å². The van der Waals surface area contributed by atoms with Crippen molar-refractivity contribution in [3.8, 4) is 0 Å². The predicted molar refractivity (Wildman–Crippen MR) is 93.2 cm³/mol. The second-order valence-corrected chi connectivity index (χ2v) is 6.99. The molecule has 5 heteroatoms. The molecule has 0 radical (unpaired) electrons. The molecule has 0 bridgehead atoms. The lowest BCUT2D eigenvalue weighted by molar-refractivity contribution is -0.158. The first-order valence-corrected chi connectivity index (χ1v) is 8.84. The van der Waals surface area contributed by atoms with Gasteiger partial charge in [-0.2, -0.15) is 0 Å². The summed E-state index contributed by atoms with van der Waals surface area (Å²) in [5.74, 6) is 0.208. The molecule has 5 nitrogen and oxygen atoms in total. The summed E-state index contributed by atoms with van der Waals surface area (Å²) in [5.41, 5.74) is 3.42. The number of carbonyl (C=O) groups excluding carboxylic acids is 1. The van der Waals surface area contributed by atoms with E-state index in [0.717, 1.165) is 19.5 Å². The van der Waals surface area contributed by atoms with Gasteiger partial charge in [-0.05, 0) is 37.0 Å². The van der Waals surface area contributed by atoms with Gasteiger partial charge >= 0.3 is 0 Å². The van der Waals surface area contributed by atoms with E-state index in [2.05, 4.69) is 37.4 Å². The summed E-state index contributed by atoms with van der Waals surface area (Å²) in [6.07, 6.45) is 1.34. The number of rotatable bonds is 3. The standard InChI is InChI=1S/C19H28N2O3/c1-15-3-4-17(11-16(15)2)5-6-18(22)21-8-10-24-19(13-21)12-20-7-9-23-14-19/h3-4,11,20H,5-10,12-14H2,1-2H3/t19-/m0/s1. The Morgan fingerprint density at radius 2 is 2.17 bits per heavy atom. The smallest absolute Gasteiger partial charge is 0.223 e. The monoisotopic (exact) mass is 332 g/mol. The molecule has 2 heterocycles. The average molecular weight is 332 g/mol. The van der Waals surface area contributed by atoms with E-state index in [4.69, 9.17) is 9.47 Å². The first-order valence-electron chi connectivity index (χ1n) is 8.84. The van der Waals surface area contributed by atoms with Gasteiger partial charge in [0.2, 0.25) is 5.91 Å². The van der Waals surface area contributed by atoms with Gasteiger partial charge in [-0.25, -0.2) is 0 Å². The van der Waals surface area contributed by atoms with Crippen molar-refractivity contribution in [3.63, 3.8) is 0 Å².